The van der Waals surface area contributed by atoms with Crippen molar-refractivity contribution in [3.63, 3.8) is 0 Å². The number of amides is 4. The van der Waals surface area contributed by atoms with E-state index in [1.54, 1.807) is 0 Å². The average molecular weight is 460 g/mol. The highest BCUT2D eigenvalue weighted by Gasteiger charge is 2.29. The van der Waals surface area contributed by atoms with Gasteiger partial charge in [0.1, 0.15) is 18.1 Å². The van der Waals surface area contributed by atoms with E-state index in [0.717, 1.165) is 0 Å². The van der Waals surface area contributed by atoms with Crippen molar-refractivity contribution in [3.05, 3.63) is 0 Å². The highest BCUT2D eigenvalue weighted by atomic mass is 16.4. The number of carboxylic acid groups (broad SMARTS) is 2. The molecule has 0 aliphatic carbocycles. The summed E-state index contributed by atoms with van der Waals surface area (Å²) < 4.78 is 0. The van der Waals surface area contributed by atoms with E-state index >= 15 is 0 Å². The predicted octanol–water partition coefficient (Wildman–Crippen LogP) is -3.26. The Morgan fingerprint density at radius 2 is 1.44 bits per heavy atom. The quantitative estimate of drug-likeness (QED) is 0.107. The molecule has 4 amide bonds. The van der Waals surface area contributed by atoms with Gasteiger partial charge in [0, 0.05) is 6.42 Å². The Labute approximate surface area is 184 Å². The summed E-state index contributed by atoms with van der Waals surface area (Å²) in [5, 5.41) is 24.8. The first-order valence-electron chi connectivity index (χ1n) is 9.98. The van der Waals surface area contributed by atoms with Crippen molar-refractivity contribution >= 4 is 35.6 Å². The number of carbonyl (C=O) groups is 6. The number of nitrogens with two attached hydrogens (primary N) is 3. The van der Waals surface area contributed by atoms with E-state index in [4.69, 9.17) is 22.3 Å². The molecule has 0 rings (SSSR count). The predicted molar refractivity (Wildman–Crippen MR) is 111 cm³/mol. The minimum Gasteiger partial charge on any atom is -0.481 e. The molecule has 0 aliphatic rings. The molecule has 0 saturated heterocycles. The van der Waals surface area contributed by atoms with Gasteiger partial charge in [0.2, 0.25) is 23.6 Å². The second-order valence-electron chi connectivity index (χ2n) is 7.18. The van der Waals surface area contributed by atoms with Gasteiger partial charge in [-0.1, -0.05) is 0 Å². The normalized spacial score (nSPS) is 14.3. The molecule has 0 spiro atoms. The van der Waals surface area contributed by atoms with Gasteiger partial charge in [0.05, 0.1) is 12.5 Å². The van der Waals surface area contributed by atoms with Crippen LogP contribution in [0.15, 0.2) is 0 Å². The second-order valence-corrected chi connectivity index (χ2v) is 7.18. The number of rotatable bonds is 16. The van der Waals surface area contributed by atoms with Crippen LogP contribution in [0.1, 0.15) is 45.4 Å². The maximum Gasteiger partial charge on any atom is 0.326 e. The largest absolute Gasteiger partial charge is 0.481 e. The summed E-state index contributed by atoms with van der Waals surface area (Å²) in [7, 11) is 0. The Balaban J connectivity index is 5.15. The molecule has 0 saturated carbocycles. The third kappa shape index (κ3) is 11.8. The van der Waals surface area contributed by atoms with Gasteiger partial charge in [-0.2, -0.15) is 0 Å². The Morgan fingerprint density at radius 1 is 0.844 bits per heavy atom. The van der Waals surface area contributed by atoms with Gasteiger partial charge in [-0.15, -0.1) is 0 Å². The van der Waals surface area contributed by atoms with E-state index in [2.05, 4.69) is 16.0 Å². The van der Waals surface area contributed by atoms with Crippen molar-refractivity contribution in [2.24, 2.45) is 17.2 Å². The maximum absolute atomic E-state index is 12.6. The summed E-state index contributed by atoms with van der Waals surface area (Å²) in [6.45, 7) is 1.63. The molecule has 0 aliphatic heterocycles. The Morgan fingerprint density at radius 3 is 1.94 bits per heavy atom. The van der Waals surface area contributed by atoms with Crippen molar-refractivity contribution in [2.75, 3.05) is 6.54 Å². The van der Waals surface area contributed by atoms with Crippen LogP contribution in [0.2, 0.25) is 0 Å². The number of aliphatic carboxylic acids is 2. The van der Waals surface area contributed by atoms with Crippen molar-refractivity contribution in [1.82, 2.24) is 16.0 Å². The number of unbranched alkanes of at least 4 members (excludes halogenated alkanes) is 1. The van der Waals surface area contributed by atoms with Crippen LogP contribution in [0.3, 0.4) is 0 Å². The van der Waals surface area contributed by atoms with E-state index in [0.29, 0.717) is 19.4 Å². The van der Waals surface area contributed by atoms with Gasteiger partial charge in [-0.05, 0) is 39.2 Å². The zero-order valence-corrected chi connectivity index (χ0v) is 17.8. The van der Waals surface area contributed by atoms with Crippen LogP contribution in [-0.4, -0.2) is 76.5 Å². The first-order valence-corrected chi connectivity index (χ1v) is 9.98. The topological polar surface area (TPSA) is 257 Å². The third-order valence-corrected chi connectivity index (χ3v) is 4.36. The maximum atomic E-state index is 12.6. The fourth-order valence-corrected chi connectivity index (χ4v) is 2.54. The molecule has 0 bridgehead atoms. The number of carbonyl (C=O) groups excluding carboxylic acids is 4. The molecule has 0 aromatic rings. The number of carboxylic acids is 2. The monoisotopic (exact) mass is 460 g/mol. The number of primary amides is 1. The molecule has 11 N–H and O–H groups in total. The molecule has 14 heteroatoms. The third-order valence-electron chi connectivity index (χ3n) is 4.36. The number of hydrogen-bond acceptors (Lipinski definition) is 8. The molecular formula is C18H32N6O8. The summed E-state index contributed by atoms with van der Waals surface area (Å²) in [5.41, 5.74) is 15.9. The fraction of sp³-hybridized carbons (Fsp3) is 0.667. The highest BCUT2D eigenvalue weighted by Crippen LogP contribution is 2.04. The lowest BCUT2D eigenvalue weighted by Gasteiger charge is -2.23. The molecule has 32 heavy (non-hydrogen) atoms. The summed E-state index contributed by atoms with van der Waals surface area (Å²) >= 11 is 0. The Hall–Kier alpha value is -3.26. The van der Waals surface area contributed by atoms with Gasteiger partial charge in [0.15, 0.2) is 0 Å². The van der Waals surface area contributed by atoms with Crippen LogP contribution in [0, 0.1) is 0 Å². The molecule has 0 aromatic carbocycles. The van der Waals surface area contributed by atoms with Crippen LogP contribution < -0.4 is 33.2 Å². The van der Waals surface area contributed by atoms with Gasteiger partial charge in [-0.25, -0.2) is 4.79 Å². The van der Waals surface area contributed by atoms with Crippen molar-refractivity contribution in [2.45, 2.75) is 69.6 Å². The molecule has 14 nitrogen and oxygen atoms in total. The number of hydrogen-bond donors (Lipinski definition) is 8. The average Bonchev–Trinajstić information content (AvgIpc) is 2.69. The lowest BCUT2D eigenvalue weighted by molar-refractivity contribution is -0.142. The molecule has 0 aromatic heterocycles. The van der Waals surface area contributed by atoms with Crippen LogP contribution >= 0.6 is 0 Å². The van der Waals surface area contributed by atoms with E-state index in [9.17, 15) is 33.9 Å². The van der Waals surface area contributed by atoms with Gasteiger partial charge < -0.3 is 43.4 Å². The summed E-state index contributed by atoms with van der Waals surface area (Å²) in [6, 6.07) is -5.13. The Kier molecular flexibility index (Phi) is 13.2. The molecule has 0 radical (unpaired) electrons. The number of nitrogens with one attached hydrogen (secondary N) is 3. The van der Waals surface area contributed by atoms with E-state index < -0.39 is 66.2 Å². The van der Waals surface area contributed by atoms with Gasteiger partial charge in [0.25, 0.3) is 0 Å². The minimum absolute atomic E-state index is 0.114. The lowest BCUT2D eigenvalue weighted by atomic mass is 10.1. The summed E-state index contributed by atoms with van der Waals surface area (Å²) in [6.07, 6.45) is -0.00355. The molecule has 4 unspecified atom stereocenters. The van der Waals surface area contributed by atoms with Crippen molar-refractivity contribution < 1.29 is 39.0 Å². The van der Waals surface area contributed by atoms with Crippen molar-refractivity contribution in [1.29, 1.82) is 0 Å². The summed E-state index contributed by atoms with van der Waals surface area (Å²) in [4.78, 5) is 70.0. The van der Waals surface area contributed by atoms with Gasteiger partial charge >= 0.3 is 11.9 Å². The van der Waals surface area contributed by atoms with Crippen LogP contribution in [0.5, 0.6) is 0 Å². The molecular weight excluding hydrogens is 428 g/mol. The summed E-state index contributed by atoms with van der Waals surface area (Å²) in [5.74, 6) is -5.88. The first-order chi connectivity index (χ1) is 14.9. The van der Waals surface area contributed by atoms with Crippen LogP contribution in [-0.2, 0) is 28.8 Å². The van der Waals surface area contributed by atoms with Crippen molar-refractivity contribution in [3.8, 4) is 0 Å². The zero-order chi connectivity index (χ0) is 24.8. The first kappa shape index (κ1) is 28.7. The van der Waals surface area contributed by atoms with Crippen LogP contribution in [0.4, 0.5) is 0 Å². The SMILES string of the molecule is CC(NC(=O)C(N)CC(=O)O)C(=O)NC(CCC(N)=O)C(=O)NC(CCCCN)C(=O)O. The van der Waals surface area contributed by atoms with Gasteiger partial charge in [-0.3, -0.25) is 24.0 Å². The van der Waals surface area contributed by atoms with Crippen LogP contribution in [0.25, 0.3) is 0 Å². The molecule has 182 valence electrons. The fourth-order valence-electron chi connectivity index (χ4n) is 2.54. The standard InChI is InChI=1S/C18H32N6O8/c1-9(22-16(29)10(20)8-14(26)27)15(28)23-11(5-6-13(21)25)17(30)24-12(18(31)32)4-2-3-7-19/h9-12H,2-8,19-20H2,1H3,(H2,21,25)(H,22,29)(H,23,28)(H,24,30)(H,26,27)(H,31,32). The van der Waals surface area contributed by atoms with E-state index in [1.807, 2.05) is 0 Å². The smallest absolute Gasteiger partial charge is 0.326 e. The molecule has 0 fully saturated rings. The van der Waals surface area contributed by atoms with E-state index in [-0.39, 0.29) is 19.3 Å². The molecule has 0 heterocycles. The molecule has 4 atom stereocenters. The lowest BCUT2D eigenvalue weighted by Crippen LogP contribution is -2.56. The highest BCUT2D eigenvalue weighted by molar-refractivity contribution is 5.94. The minimum atomic E-state index is -1.39. The van der Waals surface area contributed by atoms with E-state index in [1.165, 1.54) is 6.92 Å². The second kappa shape index (κ2) is 14.7. The Bertz CT molecular complexity index is 701. The zero-order valence-electron chi connectivity index (χ0n) is 17.8.